The van der Waals surface area contributed by atoms with Gasteiger partial charge in [0.05, 0.1) is 19.3 Å². The van der Waals surface area contributed by atoms with Crippen LogP contribution in [0.2, 0.25) is 0 Å². The Hall–Kier alpha value is -1.73. The largest absolute Gasteiger partial charge is 0.379 e. The topological polar surface area (TPSA) is 54.9 Å². The first-order valence-electron chi connectivity index (χ1n) is 8.84. The smallest absolute Gasteiger partial charge is 0.191 e. The van der Waals surface area contributed by atoms with Crippen molar-refractivity contribution in [2.45, 2.75) is 38.8 Å². The van der Waals surface area contributed by atoms with Crippen molar-refractivity contribution in [1.29, 1.82) is 0 Å². The van der Waals surface area contributed by atoms with Gasteiger partial charge in [0, 0.05) is 31.9 Å². The van der Waals surface area contributed by atoms with Crippen LogP contribution in [0.1, 0.15) is 31.7 Å². The molecule has 1 aliphatic rings. The standard InChI is InChI=1S/C18H27F2N3O2/c1-2-21-18(23-12-14-11-15(19)6-7-17(14)20)22-8-4-9-24-13-16-5-3-10-25-16/h6-7,11,16H,2-5,8-10,12-13H2,1H3,(H2,21,22,23). The second-order valence-electron chi connectivity index (χ2n) is 5.92. The zero-order valence-electron chi connectivity index (χ0n) is 14.7. The van der Waals surface area contributed by atoms with E-state index in [1.807, 2.05) is 6.92 Å². The first-order valence-corrected chi connectivity index (χ1v) is 8.84. The quantitative estimate of drug-likeness (QED) is 0.406. The van der Waals surface area contributed by atoms with Crippen LogP contribution in [0.5, 0.6) is 0 Å². The molecular weight excluding hydrogens is 328 g/mol. The molecule has 1 heterocycles. The van der Waals surface area contributed by atoms with Crippen LogP contribution in [-0.2, 0) is 16.0 Å². The van der Waals surface area contributed by atoms with E-state index >= 15 is 0 Å². The summed E-state index contributed by atoms with van der Waals surface area (Å²) < 4.78 is 37.9. The maximum absolute atomic E-state index is 13.6. The highest BCUT2D eigenvalue weighted by molar-refractivity contribution is 5.79. The van der Waals surface area contributed by atoms with Crippen LogP contribution in [0.4, 0.5) is 8.78 Å². The van der Waals surface area contributed by atoms with Gasteiger partial charge in [-0.05, 0) is 44.4 Å². The zero-order valence-corrected chi connectivity index (χ0v) is 14.7. The predicted molar refractivity (Wildman–Crippen MR) is 93.6 cm³/mol. The molecule has 2 N–H and O–H groups in total. The summed E-state index contributed by atoms with van der Waals surface area (Å²) in [4.78, 5) is 4.29. The van der Waals surface area contributed by atoms with Crippen LogP contribution in [-0.4, -0.2) is 45.0 Å². The lowest BCUT2D eigenvalue weighted by Crippen LogP contribution is -2.38. The fourth-order valence-corrected chi connectivity index (χ4v) is 2.54. The summed E-state index contributed by atoms with van der Waals surface area (Å²) in [6, 6.07) is 3.38. The van der Waals surface area contributed by atoms with Crippen molar-refractivity contribution in [1.82, 2.24) is 10.6 Å². The van der Waals surface area contributed by atoms with Crippen molar-refractivity contribution in [2.75, 3.05) is 32.9 Å². The first-order chi connectivity index (χ1) is 12.2. The predicted octanol–water partition coefficient (Wildman–Crippen LogP) is 2.61. The Bertz CT molecular complexity index is 549. The summed E-state index contributed by atoms with van der Waals surface area (Å²) in [6.07, 6.45) is 3.26. The molecule has 0 aromatic heterocycles. The Balaban J connectivity index is 1.69. The summed E-state index contributed by atoms with van der Waals surface area (Å²) in [7, 11) is 0. The summed E-state index contributed by atoms with van der Waals surface area (Å²) >= 11 is 0. The molecule has 0 saturated carbocycles. The van der Waals surface area contributed by atoms with E-state index in [0.717, 1.165) is 38.0 Å². The SMILES string of the molecule is CCNC(=NCc1cc(F)ccc1F)NCCCOCC1CCCO1. The van der Waals surface area contributed by atoms with Gasteiger partial charge in [0.25, 0.3) is 0 Å². The molecule has 1 aliphatic heterocycles. The number of rotatable bonds is 9. The van der Waals surface area contributed by atoms with Gasteiger partial charge in [0.2, 0.25) is 0 Å². The van der Waals surface area contributed by atoms with Gasteiger partial charge in [0.1, 0.15) is 11.6 Å². The molecule has 0 radical (unpaired) electrons. The van der Waals surface area contributed by atoms with Crippen molar-refractivity contribution in [3.8, 4) is 0 Å². The van der Waals surface area contributed by atoms with Gasteiger partial charge in [-0.15, -0.1) is 0 Å². The van der Waals surface area contributed by atoms with Crippen LogP contribution < -0.4 is 10.6 Å². The molecule has 0 aliphatic carbocycles. The number of nitrogens with zero attached hydrogens (tertiary/aromatic N) is 1. The van der Waals surface area contributed by atoms with Crippen molar-refractivity contribution >= 4 is 5.96 Å². The second kappa shape index (κ2) is 11.0. The van der Waals surface area contributed by atoms with Crippen molar-refractivity contribution in [3.05, 3.63) is 35.4 Å². The number of benzene rings is 1. The Morgan fingerprint density at radius 1 is 1.36 bits per heavy atom. The van der Waals surface area contributed by atoms with E-state index < -0.39 is 11.6 Å². The van der Waals surface area contributed by atoms with Gasteiger partial charge in [-0.1, -0.05) is 0 Å². The zero-order chi connectivity index (χ0) is 17.9. The third kappa shape index (κ3) is 7.36. The number of aliphatic imine (C=N–C) groups is 1. The molecule has 25 heavy (non-hydrogen) atoms. The maximum Gasteiger partial charge on any atom is 0.191 e. The van der Waals surface area contributed by atoms with Crippen molar-refractivity contribution < 1.29 is 18.3 Å². The maximum atomic E-state index is 13.6. The molecule has 0 bridgehead atoms. The highest BCUT2D eigenvalue weighted by Gasteiger charge is 2.14. The number of ether oxygens (including phenoxy) is 2. The molecule has 1 saturated heterocycles. The molecule has 1 unspecified atom stereocenters. The van der Waals surface area contributed by atoms with Crippen LogP contribution in [0, 0.1) is 11.6 Å². The molecule has 1 atom stereocenters. The van der Waals surface area contributed by atoms with E-state index in [2.05, 4.69) is 15.6 Å². The lowest BCUT2D eigenvalue weighted by molar-refractivity contribution is 0.0168. The third-order valence-electron chi connectivity index (χ3n) is 3.85. The lowest BCUT2D eigenvalue weighted by Gasteiger charge is -2.13. The van der Waals surface area contributed by atoms with E-state index in [-0.39, 0.29) is 18.2 Å². The van der Waals surface area contributed by atoms with E-state index in [9.17, 15) is 8.78 Å². The Morgan fingerprint density at radius 2 is 2.24 bits per heavy atom. The first kappa shape index (κ1) is 19.6. The van der Waals surface area contributed by atoms with Crippen LogP contribution >= 0.6 is 0 Å². The van der Waals surface area contributed by atoms with E-state index in [1.165, 1.54) is 6.07 Å². The number of nitrogens with one attached hydrogen (secondary N) is 2. The minimum atomic E-state index is -0.465. The monoisotopic (exact) mass is 355 g/mol. The molecule has 140 valence electrons. The Labute approximate surface area is 147 Å². The van der Waals surface area contributed by atoms with E-state index in [0.29, 0.717) is 32.3 Å². The summed E-state index contributed by atoms with van der Waals surface area (Å²) in [6.45, 7) is 5.52. The second-order valence-corrected chi connectivity index (χ2v) is 5.92. The van der Waals surface area contributed by atoms with Crippen LogP contribution in [0.15, 0.2) is 23.2 Å². The minimum absolute atomic E-state index is 0.0778. The molecule has 7 heteroatoms. The molecule has 1 fully saturated rings. The Kier molecular flexibility index (Phi) is 8.62. The minimum Gasteiger partial charge on any atom is -0.379 e. The normalized spacial score (nSPS) is 17.7. The van der Waals surface area contributed by atoms with Crippen molar-refractivity contribution in [2.24, 2.45) is 4.99 Å². The number of guanidine groups is 1. The fraction of sp³-hybridized carbons (Fsp3) is 0.611. The van der Waals surface area contributed by atoms with Gasteiger partial charge >= 0.3 is 0 Å². The van der Waals surface area contributed by atoms with Gasteiger partial charge < -0.3 is 20.1 Å². The molecule has 0 amide bonds. The third-order valence-corrected chi connectivity index (χ3v) is 3.85. The highest BCUT2D eigenvalue weighted by atomic mass is 19.1. The average molecular weight is 355 g/mol. The number of hydrogen-bond acceptors (Lipinski definition) is 3. The van der Waals surface area contributed by atoms with Crippen LogP contribution in [0.3, 0.4) is 0 Å². The van der Waals surface area contributed by atoms with Gasteiger partial charge in [-0.3, -0.25) is 0 Å². The molecule has 1 aromatic rings. The summed E-state index contributed by atoms with van der Waals surface area (Å²) in [5.74, 6) is -0.346. The average Bonchev–Trinajstić information content (AvgIpc) is 3.11. The summed E-state index contributed by atoms with van der Waals surface area (Å²) in [5, 5.41) is 6.25. The molecule has 5 nitrogen and oxygen atoms in total. The van der Waals surface area contributed by atoms with Crippen LogP contribution in [0.25, 0.3) is 0 Å². The van der Waals surface area contributed by atoms with Gasteiger partial charge in [-0.2, -0.15) is 0 Å². The molecule has 2 rings (SSSR count). The molecular formula is C18H27F2N3O2. The lowest BCUT2D eigenvalue weighted by atomic mass is 10.2. The van der Waals surface area contributed by atoms with Gasteiger partial charge in [-0.25, -0.2) is 13.8 Å². The summed E-state index contributed by atoms with van der Waals surface area (Å²) in [5.41, 5.74) is 0.233. The molecule has 1 aromatic carbocycles. The fourth-order valence-electron chi connectivity index (χ4n) is 2.54. The van der Waals surface area contributed by atoms with Crippen molar-refractivity contribution in [3.63, 3.8) is 0 Å². The van der Waals surface area contributed by atoms with Gasteiger partial charge in [0.15, 0.2) is 5.96 Å². The molecule has 0 spiro atoms. The van der Waals surface area contributed by atoms with E-state index in [1.54, 1.807) is 0 Å². The number of hydrogen-bond donors (Lipinski definition) is 2. The Morgan fingerprint density at radius 3 is 3.00 bits per heavy atom. The van der Waals surface area contributed by atoms with E-state index in [4.69, 9.17) is 9.47 Å². The highest BCUT2D eigenvalue weighted by Crippen LogP contribution is 2.12. The number of halogens is 2.